The van der Waals surface area contributed by atoms with E-state index in [0.29, 0.717) is 27.3 Å². The SMILES string of the molecule is CC(C)(C)c1ccc(-c2c(-c3ccc(Cl)cc3)c(-c3ccccc3)c(-c3ccc(C(F)(F)F)cc3)c(-c3ccc(C=O)cc3)c2-c2ccc(C=O)cc2)cc1. The standard InChI is InChI=1S/C49H36ClF3O2/c1-48(2,3)39-23-17-36(18-24-39)46-44(35-15-11-32(30-55)12-16-35)43(34-13-9-31(29-54)10-14-34)45(37-19-25-40(26-20-37)49(51,52)53)42(33-7-5-4-6-8-33)47(46)38-21-27-41(50)28-22-38/h4-30H,1-3H3. The Morgan fingerprint density at radius 1 is 0.400 bits per heavy atom. The summed E-state index contributed by atoms with van der Waals surface area (Å²) >= 11 is 6.49. The third kappa shape index (κ3) is 7.53. The molecule has 272 valence electrons. The van der Waals surface area contributed by atoms with Gasteiger partial charge in [-0.3, -0.25) is 9.59 Å². The summed E-state index contributed by atoms with van der Waals surface area (Å²) < 4.78 is 42.1. The maximum absolute atomic E-state index is 14.0. The normalized spacial score (nSPS) is 11.7. The molecule has 0 spiro atoms. The van der Waals surface area contributed by atoms with Crippen molar-refractivity contribution in [3.63, 3.8) is 0 Å². The maximum atomic E-state index is 14.0. The van der Waals surface area contributed by atoms with Crippen molar-refractivity contribution in [1.29, 1.82) is 0 Å². The van der Waals surface area contributed by atoms with Gasteiger partial charge < -0.3 is 0 Å². The summed E-state index contributed by atoms with van der Waals surface area (Å²) in [7, 11) is 0. The van der Waals surface area contributed by atoms with Crippen molar-refractivity contribution >= 4 is 24.2 Å². The molecule has 0 heterocycles. The van der Waals surface area contributed by atoms with Gasteiger partial charge in [0.2, 0.25) is 0 Å². The fourth-order valence-corrected chi connectivity index (χ4v) is 7.25. The van der Waals surface area contributed by atoms with E-state index >= 15 is 0 Å². The summed E-state index contributed by atoms with van der Waals surface area (Å²) in [6.07, 6.45) is -2.96. The van der Waals surface area contributed by atoms with Crippen LogP contribution in [0, 0.1) is 0 Å². The van der Waals surface area contributed by atoms with Gasteiger partial charge in [-0.15, -0.1) is 0 Å². The van der Waals surface area contributed by atoms with E-state index in [-0.39, 0.29) is 5.41 Å². The lowest BCUT2D eigenvalue weighted by Crippen LogP contribution is -2.10. The molecule has 7 rings (SSSR count). The molecule has 0 bridgehead atoms. The lowest BCUT2D eigenvalue weighted by Gasteiger charge is -2.29. The number of carbonyl (C=O) groups is 2. The monoisotopic (exact) mass is 748 g/mol. The van der Waals surface area contributed by atoms with Gasteiger partial charge >= 0.3 is 6.18 Å². The van der Waals surface area contributed by atoms with E-state index in [9.17, 15) is 22.8 Å². The summed E-state index contributed by atoms with van der Waals surface area (Å²) in [5, 5.41) is 0.556. The van der Waals surface area contributed by atoms with Crippen LogP contribution in [0.15, 0.2) is 152 Å². The van der Waals surface area contributed by atoms with Gasteiger partial charge in [0.25, 0.3) is 0 Å². The van der Waals surface area contributed by atoms with Crippen LogP contribution in [0.2, 0.25) is 5.02 Å². The highest BCUT2D eigenvalue weighted by Crippen LogP contribution is 2.56. The zero-order valence-electron chi connectivity index (χ0n) is 30.4. The summed E-state index contributed by atoms with van der Waals surface area (Å²) in [4.78, 5) is 23.8. The van der Waals surface area contributed by atoms with Crippen molar-refractivity contribution in [2.24, 2.45) is 0 Å². The van der Waals surface area contributed by atoms with Gasteiger partial charge in [0, 0.05) is 16.1 Å². The average molecular weight is 749 g/mol. The highest BCUT2D eigenvalue weighted by molar-refractivity contribution is 6.30. The first-order chi connectivity index (χ1) is 26.4. The lowest BCUT2D eigenvalue weighted by atomic mass is 9.73. The molecule has 7 aromatic carbocycles. The number of rotatable bonds is 8. The third-order valence-electron chi connectivity index (χ3n) is 9.91. The highest BCUT2D eigenvalue weighted by Gasteiger charge is 2.32. The third-order valence-corrected chi connectivity index (χ3v) is 10.2. The molecule has 0 fully saturated rings. The Morgan fingerprint density at radius 2 is 0.691 bits per heavy atom. The second kappa shape index (κ2) is 15.0. The molecule has 0 N–H and O–H groups in total. The Hall–Kier alpha value is -6.04. The molecule has 2 nitrogen and oxygen atoms in total. The van der Waals surface area contributed by atoms with Crippen LogP contribution < -0.4 is 0 Å². The Labute approximate surface area is 323 Å². The molecule has 0 saturated heterocycles. The molecule has 0 atom stereocenters. The molecule has 0 aliphatic rings. The molecule has 0 aliphatic carbocycles. The van der Waals surface area contributed by atoms with E-state index in [2.05, 4.69) is 45.0 Å². The van der Waals surface area contributed by atoms with E-state index in [4.69, 9.17) is 11.6 Å². The molecule has 0 amide bonds. The highest BCUT2D eigenvalue weighted by atomic mass is 35.5. The van der Waals surface area contributed by atoms with Crippen molar-refractivity contribution in [2.45, 2.75) is 32.4 Å². The van der Waals surface area contributed by atoms with Crippen LogP contribution in [0.1, 0.15) is 52.6 Å². The van der Waals surface area contributed by atoms with Gasteiger partial charge in [0.1, 0.15) is 12.6 Å². The molecule has 0 aromatic heterocycles. The van der Waals surface area contributed by atoms with E-state index < -0.39 is 11.7 Å². The van der Waals surface area contributed by atoms with E-state index in [1.165, 1.54) is 12.1 Å². The van der Waals surface area contributed by atoms with Crippen molar-refractivity contribution in [3.05, 3.63) is 179 Å². The number of aldehydes is 2. The van der Waals surface area contributed by atoms with Crippen molar-refractivity contribution in [2.75, 3.05) is 0 Å². The summed E-state index contributed by atoms with van der Waals surface area (Å²) in [6.45, 7) is 6.48. The number of alkyl halides is 3. The molecule has 0 radical (unpaired) electrons. The molecule has 0 aliphatic heterocycles. The zero-order chi connectivity index (χ0) is 38.9. The second-order valence-corrected chi connectivity index (χ2v) is 14.9. The predicted octanol–water partition coefficient (Wildman–Crippen LogP) is 14.3. The molecule has 6 heteroatoms. The Bertz CT molecular complexity index is 2480. The summed E-state index contributed by atoms with van der Waals surface area (Å²) in [6, 6.07) is 45.8. The van der Waals surface area contributed by atoms with E-state index in [1.54, 1.807) is 24.3 Å². The van der Waals surface area contributed by atoms with Gasteiger partial charge in [0.15, 0.2) is 0 Å². The van der Waals surface area contributed by atoms with Crippen LogP contribution in [-0.4, -0.2) is 12.6 Å². The van der Waals surface area contributed by atoms with E-state index in [0.717, 1.165) is 85.9 Å². The molecule has 0 unspecified atom stereocenters. The second-order valence-electron chi connectivity index (χ2n) is 14.5. The molecule has 0 saturated carbocycles. The quantitative estimate of drug-likeness (QED) is 0.145. The van der Waals surface area contributed by atoms with Crippen LogP contribution >= 0.6 is 11.6 Å². The molecule has 55 heavy (non-hydrogen) atoms. The van der Waals surface area contributed by atoms with Gasteiger partial charge in [-0.2, -0.15) is 13.2 Å². The number of hydrogen-bond donors (Lipinski definition) is 0. The van der Waals surface area contributed by atoms with Crippen LogP contribution in [0.25, 0.3) is 66.8 Å². The van der Waals surface area contributed by atoms with Gasteiger partial charge in [0.05, 0.1) is 5.56 Å². The first kappa shape index (κ1) is 37.3. The van der Waals surface area contributed by atoms with Gasteiger partial charge in [-0.25, -0.2) is 0 Å². The smallest absolute Gasteiger partial charge is 0.298 e. The number of carbonyl (C=O) groups excluding carboxylic acids is 2. The number of hydrogen-bond acceptors (Lipinski definition) is 2. The van der Waals surface area contributed by atoms with Crippen LogP contribution in [0.5, 0.6) is 0 Å². The maximum Gasteiger partial charge on any atom is 0.416 e. The molecular formula is C49H36ClF3O2. The van der Waals surface area contributed by atoms with Crippen LogP contribution in [-0.2, 0) is 11.6 Å². The largest absolute Gasteiger partial charge is 0.416 e. The molecular weight excluding hydrogens is 713 g/mol. The Kier molecular flexibility index (Phi) is 10.2. The van der Waals surface area contributed by atoms with E-state index in [1.807, 2.05) is 78.9 Å². The topological polar surface area (TPSA) is 34.1 Å². The van der Waals surface area contributed by atoms with Crippen molar-refractivity contribution < 1.29 is 22.8 Å². The average Bonchev–Trinajstić information content (AvgIpc) is 3.20. The number of halogens is 4. The minimum Gasteiger partial charge on any atom is -0.298 e. The number of benzene rings is 7. The lowest BCUT2D eigenvalue weighted by molar-refractivity contribution is -0.137. The van der Waals surface area contributed by atoms with Crippen LogP contribution in [0.4, 0.5) is 13.2 Å². The molecule has 7 aromatic rings. The fraction of sp³-hybridized carbons (Fsp3) is 0.102. The summed E-state index contributed by atoms with van der Waals surface area (Å²) in [5.41, 5.74) is 10.8. The van der Waals surface area contributed by atoms with Crippen molar-refractivity contribution in [1.82, 2.24) is 0 Å². The van der Waals surface area contributed by atoms with Gasteiger partial charge in [-0.05, 0) is 102 Å². The Balaban J connectivity index is 1.78. The Morgan fingerprint density at radius 3 is 1.00 bits per heavy atom. The minimum atomic E-state index is -4.53. The predicted molar refractivity (Wildman–Crippen MR) is 219 cm³/mol. The first-order valence-corrected chi connectivity index (χ1v) is 18.2. The van der Waals surface area contributed by atoms with Gasteiger partial charge in [-0.1, -0.05) is 160 Å². The summed E-state index contributed by atoms with van der Waals surface area (Å²) in [5.74, 6) is 0. The minimum absolute atomic E-state index is 0.113. The fourth-order valence-electron chi connectivity index (χ4n) is 7.12. The van der Waals surface area contributed by atoms with Crippen molar-refractivity contribution in [3.8, 4) is 66.8 Å². The first-order valence-electron chi connectivity index (χ1n) is 17.8. The zero-order valence-corrected chi connectivity index (χ0v) is 31.2. The van der Waals surface area contributed by atoms with Crippen LogP contribution in [0.3, 0.4) is 0 Å².